The summed E-state index contributed by atoms with van der Waals surface area (Å²) in [7, 11) is 0. The van der Waals surface area contributed by atoms with Crippen molar-refractivity contribution in [2.45, 2.75) is 64.0 Å². The van der Waals surface area contributed by atoms with Crippen LogP contribution in [0, 0.1) is 0 Å². The number of amides is 1. The van der Waals surface area contributed by atoms with Crippen LogP contribution in [0.2, 0.25) is 0 Å². The van der Waals surface area contributed by atoms with E-state index in [-0.39, 0.29) is 17.5 Å². The van der Waals surface area contributed by atoms with Crippen LogP contribution in [0.4, 0.5) is 5.82 Å². The normalized spacial score (nSPS) is 18.5. The highest BCUT2D eigenvalue weighted by Gasteiger charge is 2.30. The van der Waals surface area contributed by atoms with Crippen molar-refractivity contribution in [1.82, 2.24) is 9.78 Å². The molecule has 106 valence electrons. The van der Waals surface area contributed by atoms with Gasteiger partial charge in [-0.2, -0.15) is 5.10 Å². The predicted octanol–water partition coefficient (Wildman–Crippen LogP) is 2.45. The first kappa shape index (κ1) is 14.1. The second-order valence-corrected chi connectivity index (χ2v) is 5.90. The highest BCUT2D eigenvalue weighted by atomic mass is 16.1. The molecule has 1 fully saturated rings. The summed E-state index contributed by atoms with van der Waals surface area (Å²) in [6.07, 6.45) is 7.50. The van der Waals surface area contributed by atoms with Gasteiger partial charge in [-0.25, -0.2) is 4.68 Å². The molecule has 1 aromatic heterocycles. The number of anilines is 1. The van der Waals surface area contributed by atoms with E-state index in [9.17, 15) is 4.79 Å². The number of nitrogens with two attached hydrogens (primary N) is 1. The zero-order valence-corrected chi connectivity index (χ0v) is 11.9. The van der Waals surface area contributed by atoms with Gasteiger partial charge >= 0.3 is 0 Å². The first-order valence-corrected chi connectivity index (χ1v) is 7.12. The first-order chi connectivity index (χ1) is 9.00. The lowest BCUT2D eigenvalue weighted by atomic mass is 9.80. The van der Waals surface area contributed by atoms with Gasteiger partial charge in [0.1, 0.15) is 5.82 Å². The lowest BCUT2D eigenvalue weighted by Crippen LogP contribution is -2.44. The Hall–Kier alpha value is -1.36. The number of hydrogen-bond donors (Lipinski definition) is 2. The summed E-state index contributed by atoms with van der Waals surface area (Å²) in [5.41, 5.74) is 5.99. The molecule has 1 aliphatic rings. The lowest BCUT2D eigenvalue weighted by Gasteiger charge is -2.32. The quantitative estimate of drug-likeness (QED) is 0.877. The fourth-order valence-electron chi connectivity index (χ4n) is 2.76. The number of aromatic nitrogens is 2. The molecule has 5 heteroatoms. The second-order valence-electron chi connectivity index (χ2n) is 5.90. The van der Waals surface area contributed by atoms with Crippen molar-refractivity contribution >= 4 is 11.7 Å². The molecule has 1 amide bonds. The Morgan fingerprint density at radius 1 is 1.47 bits per heavy atom. The van der Waals surface area contributed by atoms with Crippen molar-refractivity contribution in [3.05, 3.63) is 12.3 Å². The Bertz CT molecular complexity index is 432. The van der Waals surface area contributed by atoms with E-state index < -0.39 is 0 Å². The van der Waals surface area contributed by atoms with E-state index in [1.165, 1.54) is 6.42 Å². The third-order valence-corrected chi connectivity index (χ3v) is 3.79. The van der Waals surface area contributed by atoms with Crippen LogP contribution in [0.3, 0.4) is 0 Å². The third-order valence-electron chi connectivity index (χ3n) is 3.79. The summed E-state index contributed by atoms with van der Waals surface area (Å²) in [4.78, 5) is 12.1. The van der Waals surface area contributed by atoms with Crippen LogP contribution >= 0.6 is 0 Å². The minimum Gasteiger partial charge on any atom is -0.325 e. The van der Waals surface area contributed by atoms with Crippen LogP contribution in [-0.2, 0) is 4.79 Å². The Labute approximate surface area is 114 Å². The molecule has 0 unspecified atom stereocenters. The number of nitrogens with zero attached hydrogens (tertiary/aromatic N) is 2. The molecule has 1 aromatic rings. The minimum absolute atomic E-state index is 0.00759. The molecule has 0 spiro atoms. The molecule has 1 aliphatic carbocycles. The van der Waals surface area contributed by atoms with Gasteiger partial charge in [-0.1, -0.05) is 19.3 Å². The molecule has 0 atom stereocenters. The summed E-state index contributed by atoms with van der Waals surface area (Å²) >= 11 is 0. The van der Waals surface area contributed by atoms with Crippen molar-refractivity contribution in [1.29, 1.82) is 0 Å². The van der Waals surface area contributed by atoms with Gasteiger partial charge in [0.2, 0.25) is 5.91 Å². The van der Waals surface area contributed by atoms with Gasteiger partial charge in [0.05, 0.1) is 6.20 Å². The van der Waals surface area contributed by atoms with E-state index in [1.54, 1.807) is 6.20 Å². The number of carbonyl (C=O) groups excluding carboxylic acids is 1. The maximum Gasteiger partial charge on any atom is 0.227 e. The Morgan fingerprint density at radius 2 is 2.16 bits per heavy atom. The van der Waals surface area contributed by atoms with Gasteiger partial charge < -0.3 is 11.1 Å². The van der Waals surface area contributed by atoms with Gasteiger partial charge in [0.15, 0.2) is 0 Å². The lowest BCUT2D eigenvalue weighted by molar-refractivity contribution is -0.117. The van der Waals surface area contributed by atoms with E-state index in [0.29, 0.717) is 6.42 Å². The van der Waals surface area contributed by atoms with E-state index in [1.807, 2.05) is 24.6 Å². The van der Waals surface area contributed by atoms with Crippen molar-refractivity contribution in [3.8, 4) is 0 Å². The summed E-state index contributed by atoms with van der Waals surface area (Å²) < 4.78 is 1.81. The largest absolute Gasteiger partial charge is 0.325 e. The number of carbonyl (C=O) groups is 1. The van der Waals surface area contributed by atoms with E-state index in [2.05, 4.69) is 10.4 Å². The highest BCUT2D eigenvalue weighted by Crippen LogP contribution is 2.29. The molecule has 19 heavy (non-hydrogen) atoms. The molecule has 0 saturated heterocycles. The smallest absolute Gasteiger partial charge is 0.227 e. The molecule has 0 bridgehead atoms. The topological polar surface area (TPSA) is 72.9 Å². The van der Waals surface area contributed by atoms with Gasteiger partial charge in [-0.15, -0.1) is 0 Å². The van der Waals surface area contributed by atoms with Crippen LogP contribution in [0.25, 0.3) is 0 Å². The van der Waals surface area contributed by atoms with Crippen LogP contribution in [0.1, 0.15) is 58.4 Å². The van der Waals surface area contributed by atoms with E-state index in [0.717, 1.165) is 31.5 Å². The van der Waals surface area contributed by atoms with Crippen molar-refractivity contribution in [3.63, 3.8) is 0 Å². The molecule has 3 N–H and O–H groups in total. The molecule has 2 rings (SSSR count). The summed E-state index contributed by atoms with van der Waals surface area (Å²) in [6, 6.07) is 2.05. The predicted molar refractivity (Wildman–Crippen MR) is 75.9 cm³/mol. The SMILES string of the molecule is CC(C)n1nccc1NC(=O)CC1(N)CCCCC1. The molecule has 0 aromatic carbocycles. The Kier molecular flexibility index (Phi) is 4.24. The first-order valence-electron chi connectivity index (χ1n) is 7.12. The minimum atomic E-state index is -0.314. The van der Waals surface area contributed by atoms with E-state index in [4.69, 9.17) is 5.73 Å². The van der Waals surface area contributed by atoms with Crippen molar-refractivity contribution in [2.75, 3.05) is 5.32 Å². The number of nitrogens with one attached hydrogen (secondary N) is 1. The summed E-state index contributed by atoms with van der Waals surface area (Å²) in [5, 5.41) is 7.13. The summed E-state index contributed by atoms with van der Waals surface area (Å²) in [5.74, 6) is 0.742. The van der Waals surface area contributed by atoms with Gasteiger partial charge in [-0.3, -0.25) is 4.79 Å². The molecule has 0 aliphatic heterocycles. The second kappa shape index (κ2) is 5.74. The molecule has 1 saturated carbocycles. The van der Waals surface area contributed by atoms with Gasteiger partial charge in [0.25, 0.3) is 0 Å². The summed E-state index contributed by atoms with van der Waals surface area (Å²) in [6.45, 7) is 4.07. The van der Waals surface area contributed by atoms with Crippen LogP contribution < -0.4 is 11.1 Å². The maximum atomic E-state index is 12.1. The third kappa shape index (κ3) is 3.56. The van der Waals surface area contributed by atoms with Gasteiger partial charge in [-0.05, 0) is 26.7 Å². The fourth-order valence-corrected chi connectivity index (χ4v) is 2.76. The number of rotatable bonds is 4. The maximum absolute atomic E-state index is 12.1. The van der Waals surface area contributed by atoms with Crippen LogP contribution in [-0.4, -0.2) is 21.2 Å². The van der Waals surface area contributed by atoms with Gasteiger partial charge in [0, 0.05) is 24.1 Å². The van der Waals surface area contributed by atoms with Crippen LogP contribution in [0.15, 0.2) is 12.3 Å². The molecular weight excluding hydrogens is 240 g/mol. The molecular formula is C14H24N4O. The zero-order valence-electron chi connectivity index (χ0n) is 11.9. The average Bonchev–Trinajstić information content (AvgIpc) is 2.77. The fraction of sp³-hybridized carbons (Fsp3) is 0.714. The highest BCUT2D eigenvalue weighted by molar-refractivity contribution is 5.90. The average molecular weight is 264 g/mol. The Balaban J connectivity index is 1.95. The van der Waals surface area contributed by atoms with E-state index >= 15 is 0 Å². The zero-order chi connectivity index (χ0) is 13.9. The molecule has 1 heterocycles. The molecule has 0 radical (unpaired) electrons. The van der Waals surface area contributed by atoms with Crippen molar-refractivity contribution in [2.24, 2.45) is 5.73 Å². The standard InChI is InChI=1S/C14H24N4O/c1-11(2)18-12(6-9-16-18)17-13(19)10-14(15)7-4-3-5-8-14/h6,9,11H,3-5,7-8,10,15H2,1-2H3,(H,17,19). The van der Waals surface area contributed by atoms with Crippen LogP contribution in [0.5, 0.6) is 0 Å². The monoisotopic (exact) mass is 264 g/mol. The van der Waals surface area contributed by atoms with Crippen molar-refractivity contribution < 1.29 is 4.79 Å². The number of hydrogen-bond acceptors (Lipinski definition) is 3. The Morgan fingerprint density at radius 3 is 2.79 bits per heavy atom. The molecule has 5 nitrogen and oxygen atoms in total.